The maximum Gasteiger partial charge on any atom is 0.343 e. The Morgan fingerprint density at radius 2 is 1.68 bits per heavy atom. The van der Waals surface area contributed by atoms with E-state index in [2.05, 4.69) is 4.72 Å². The number of carboxylic acid groups (broad SMARTS) is 1. The molecule has 4 rings (SSSR count). The number of aromatic hydroxyl groups is 1. The van der Waals surface area contributed by atoms with Gasteiger partial charge in [0.2, 0.25) is 0 Å². The van der Waals surface area contributed by atoms with Gasteiger partial charge in [0.25, 0.3) is 10.0 Å². The molecule has 1 fully saturated rings. The van der Waals surface area contributed by atoms with Gasteiger partial charge < -0.3 is 26.1 Å². The van der Waals surface area contributed by atoms with Crippen molar-refractivity contribution in [2.24, 2.45) is 17.4 Å². The largest absolute Gasteiger partial charge is 0.507 e. The summed E-state index contributed by atoms with van der Waals surface area (Å²) in [5.41, 5.74) is 12.0. The van der Waals surface area contributed by atoms with Gasteiger partial charge in [0.05, 0.1) is 22.5 Å². The van der Waals surface area contributed by atoms with Crippen LogP contribution in [-0.4, -0.2) is 42.5 Å². The zero-order valence-electron chi connectivity index (χ0n) is 22.2. The third kappa shape index (κ3) is 7.60. The van der Waals surface area contributed by atoms with Crippen molar-refractivity contribution in [1.29, 1.82) is 0 Å². The summed E-state index contributed by atoms with van der Waals surface area (Å²) < 4.78 is 33.7. The lowest BCUT2D eigenvalue weighted by molar-refractivity contribution is -0.137. The van der Waals surface area contributed by atoms with Crippen molar-refractivity contribution in [1.82, 2.24) is 0 Å². The van der Waals surface area contributed by atoms with E-state index in [-0.39, 0.29) is 53.6 Å². The van der Waals surface area contributed by atoms with Crippen LogP contribution in [0.1, 0.15) is 54.9 Å². The lowest BCUT2D eigenvalue weighted by Crippen LogP contribution is -2.43. The number of carboxylic acids is 1. The predicted octanol–water partition coefficient (Wildman–Crippen LogP) is 2.71. The number of aryl methyl sites for hydroxylation is 1. The van der Waals surface area contributed by atoms with E-state index in [1.54, 1.807) is 42.5 Å². The molecule has 2 unspecified atom stereocenters. The van der Waals surface area contributed by atoms with E-state index in [1.165, 1.54) is 18.2 Å². The Morgan fingerprint density at radius 3 is 2.32 bits per heavy atom. The van der Waals surface area contributed by atoms with Gasteiger partial charge >= 0.3 is 11.6 Å². The number of anilines is 1. The highest BCUT2D eigenvalue weighted by Gasteiger charge is 2.37. The van der Waals surface area contributed by atoms with E-state index in [9.17, 15) is 27.9 Å². The van der Waals surface area contributed by atoms with Crippen molar-refractivity contribution >= 4 is 27.5 Å². The molecule has 0 amide bonds. The highest BCUT2D eigenvalue weighted by molar-refractivity contribution is 7.92. The Morgan fingerprint density at radius 1 is 1.00 bits per heavy atom. The summed E-state index contributed by atoms with van der Waals surface area (Å²) in [7, 11) is -3.83. The van der Waals surface area contributed by atoms with Crippen molar-refractivity contribution in [3.63, 3.8) is 0 Å². The van der Waals surface area contributed by atoms with Crippen LogP contribution < -0.4 is 21.8 Å². The normalized spacial score (nSPS) is 15.6. The van der Waals surface area contributed by atoms with Gasteiger partial charge in [-0.05, 0) is 61.4 Å². The molecule has 218 valence electrons. The number of aliphatic carboxylic acids is 1. The number of benzene rings is 2. The van der Waals surface area contributed by atoms with Crippen LogP contribution in [0.3, 0.4) is 0 Å². The van der Waals surface area contributed by atoms with Crippen LogP contribution in [0.25, 0.3) is 0 Å². The SMILES string of the molecule is NC(CCc1cc(O)c(C(c2cccc(NS(=O)(=O)c3ccccc3)c2)C2CC2)c(=O)o1)C(=O)[C@@H](N)CCC(=O)O. The number of nitrogens with two attached hydrogens (primary N) is 2. The monoisotopic (exact) mass is 583 g/mol. The molecule has 1 heterocycles. The van der Waals surface area contributed by atoms with E-state index in [1.807, 2.05) is 0 Å². The molecule has 0 radical (unpaired) electrons. The molecule has 0 saturated heterocycles. The topological polar surface area (TPSA) is 203 Å². The predicted molar refractivity (Wildman–Crippen MR) is 151 cm³/mol. The molecule has 1 aliphatic carbocycles. The summed E-state index contributed by atoms with van der Waals surface area (Å²) in [6, 6.07) is 14.0. The summed E-state index contributed by atoms with van der Waals surface area (Å²) in [5.74, 6) is -2.14. The fourth-order valence-electron chi connectivity index (χ4n) is 4.80. The molecule has 1 saturated carbocycles. The van der Waals surface area contributed by atoms with Gasteiger partial charge in [0.1, 0.15) is 11.5 Å². The van der Waals surface area contributed by atoms with Crippen molar-refractivity contribution in [3.8, 4) is 5.75 Å². The lowest BCUT2D eigenvalue weighted by atomic mass is 9.87. The summed E-state index contributed by atoms with van der Waals surface area (Å²) in [6.45, 7) is 0. The van der Waals surface area contributed by atoms with Gasteiger partial charge in [-0.15, -0.1) is 0 Å². The minimum Gasteiger partial charge on any atom is -0.507 e. The molecule has 0 bridgehead atoms. The molecule has 0 aliphatic heterocycles. The highest BCUT2D eigenvalue weighted by Crippen LogP contribution is 2.48. The van der Waals surface area contributed by atoms with E-state index in [4.69, 9.17) is 21.0 Å². The number of nitrogens with one attached hydrogen (secondary N) is 1. The number of sulfonamides is 1. The molecule has 1 aliphatic rings. The fourth-order valence-corrected chi connectivity index (χ4v) is 5.87. The van der Waals surface area contributed by atoms with Crippen molar-refractivity contribution in [2.75, 3.05) is 4.72 Å². The van der Waals surface area contributed by atoms with Gasteiger partial charge in [-0.25, -0.2) is 13.2 Å². The first kappa shape index (κ1) is 30.0. The smallest absolute Gasteiger partial charge is 0.343 e. The van der Waals surface area contributed by atoms with Crippen LogP contribution in [0.4, 0.5) is 5.69 Å². The number of carbonyl (C=O) groups excluding carboxylic acids is 1. The first-order valence-corrected chi connectivity index (χ1v) is 14.7. The molecule has 3 aromatic rings. The molecule has 1 aromatic heterocycles. The third-order valence-electron chi connectivity index (χ3n) is 7.08. The number of Topliss-reactive ketones (excluding diaryl/α,β-unsaturated/α-hetero) is 1. The maximum atomic E-state index is 13.1. The maximum absolute atomic E-state index is 13.1. The molecule has 0 spiro atoms. The summed E-state index contributed by atoms with van der Waals surface area (Å²) in [4.78, 5) is 36.3. The number of ketones is 1. The van der Waals surface area contributed by atoms with Crippen LogP contribution in [-0.2, 0) is 26.0 Å². The van der Waals surface area contributed by atoms with Crippen LogP contribution in [0.2, 0.25) is 0 Å². The first-order valence-electron chi connectivity index (χ1n) is 13.3. The quantitative estimate of drug-likeness (QED) is 0.188. The Bertz CT molecular complexity index is 1570. The van der Waals surface area contributed by atoms with E-state index >= 15 is 0 Å². The number of hydrogen-bond donors (Lipinski definition) is 5. The van der Waals surface area contributed by atoms with Gasteiger partial charge in [-0.1, -0.05) is 30.3 Å². The molecular formula is C29H33N3O8S. The second-order valence-electron chi connectivity index (χ2n) is 10.2. The van der Waals surface area contributed by atoms with Gasteiger partial charge in [-0.2, -0.15) is 0 Å². The zero-order valence-corrected chi connectivity index (χ0v) is 23.0. The summed E-state index contributed by atoms with van der Waals surface area (Å²) in [6.07, 6.45) is 1.51. The standard InChI is InChI=1S/C29H33N3O8S/c30-22(28(36)23(31)13-14-25(34)35)12-11-20-16-24(33)27(29(37)40-20)26(17-9-10-17)18-5-4-6-19(15-18)32-41(38,39)21-7-2-1-3-8-21/h1-8,15-17,22-23,26,32-33H,9-14,30-31H2,(H,34,35)/t22?,23-,26?/m0/s1. The Balaban J connectivity index is 1.51. The molecular weight excluding hydrogens is 550 g/mol. The second-order valence-corrected chi connectivity index (χ2v) is 11.9. The first-order chi connectivity index (χ1) is 19.5. The molecule has 3 atom stereocenters. The molecule has 7 N–H and O–H groups in total. The second kappa shape index (κ2) is 12.7. The Hall–Kier alpha value is -4.00. The van der Waals surface area contributed by atoms with Crippen LogP contribution >= 0.6 is 0 Å². The van der Waals surface area contributed by atoms with Gasteiger partial charge in [0, 0.05) is 30.5 Å². The van der Waals surface area contributed by atoms with Crippen LogP contribution in [0.15, 0.2) is 74.8 Å². The average Bonchev–Trinajstić information content (AvgIpc) is 3.77. The Kier molecular flexibility index (Phi) is 9.26. The summed E-state index contributed by atoms with van der Waals surface area (Å²) in [5, 5.41) is 19.7. The third-order valence-corrected chi connectivity index (χ3v) is 8.47. The average molecular weight is 584 g/mol. The summed E-state index contributed by atoms with van der Waals surface area (Å²) >= 11 is 0. The number of rotatable bonds is 14. The van der Waals surface area contributed by atoms with Gasteiger partial charge in [0.15, 0.2) is 5.78 Å². The highest BCUT2D eigenvalue weighted by atomic mass is 32.2. The van der Waals surface area contributed by atoms with E-state index in [0.717, 1.165) is 12.8 Å². The molecule has 41 heavy (non-hydrogen) atoms. The van der Waals surface area contributed by atoms with Crippen molar-refractivity contribution in [2.45, 2.75) is 61.4 Å². The van der Waals surface area contributed by atoms with Crippen LogP contribution in [0, 0.1) is 5.92 Å². The molecule has 12 heteroatoms. The minimum atomic E-state index is -3.83. The minimum absolute atomic E-state index is 0.0378. The lowest BCUT2D eigenvalue weighted by Gasteiger charge is -2.19. The fraction of sp³-hybridized carbons (Fsp3) is 0.345. The number of hydrogen-bond acceptors (Lipinski definition) is 9. The van der Waals surface area contributed by atoms with Crippen molar-refractivity contribution in [3.05, 3.63) is 88.0 Å². The van der Waals surface area contributed by atoms with E-state index < -0.39 is 45.4 Å². The molecule has 2 aromatic carbocycles. The van der Waals surface area contributed by atoms with Crippen LogP contribution in [0.5, 0.6) is 5.75 Å². The molecule has 11 nitrogen and oxygen atoms in total. The van der Waals surface area contributed by atoms with E-state index in [0.29, 0.717) is 11.3 Å². The van der Waals surface area contributed by atoms with Crippen molar-refractivity contribution < 1.29 is 32.6 Å². The number of carbonyl (C=O) groups is 2. The van der Waals surface area contributed by atoms with Gasteiger partial charge in [-0.3, -0.25) is 14.3 Å². The zero-order chi connectivity index (χ0) is 29.7. The Labute approximate surface area is 237 Å².